The molecule has 9 heteroatoms. The minimum Gasteiger partial charge on any atom is -0.462 e. The van der Waals surface area contributed by atoms with E-state index in [1.807, 2.05) is 18.2 Å². The Kier molecular flexibility index (Phi) is 4.82. The van der Waals surface area contributed by atoms with Gasteiger partial charge in [0.05, 0.1) is 12.2 Å². The molecule has 0 unspecified atom stereocenters. The lowest BCUT2D eigenvalue weighted by Gasteiger charge is -2.30. The van der Waals surface area contributed by atoms with Crippen LogP contribution in [0.15, 0.2) is 35.4 Å². The molecular weight excluding hydrogens is 362 g/mol. The van der Waals surface area contributed by atoms with Crippen molar-refractivity contribution >= 4 is 23.1 Å². The molecule has 0 fully saturated rings. The first-order chi connectivity index (χ1) is 13.6. The number of rotatable bonds is 5. The summed E-state index contributed by atoms with van der Waals surface area (Å²) < 4.78 is 12.8. The van der Waals surface area contributed by atoms with Crippen LogP contribution in [0.3, 0.4) is 0 Å². The number of esters is 1. The van der Waals surface area contributed by atoms with Gasteiger partial charge in [-0.05, 0) is 37.5 Å². The number of pyridine rings is 2. The largest absolute Gasteiger partial charge is 0.462 e. The second kappa shape index (κ2) is 7.43. The summed E-state index contributed by atoms with van der Waals surface area (Å²) in [6, 6.07) is 5.57. The molecule has 9 nitrogen and oxygen atoms in total. The van der Waals surface area contributed by atoms with Gasteiger partial charge in [0.15, 0.2) is 5.65 Å². The van der Waals surface area contributed by atoms with Crippen LogP contribution < -0.4 is 10.6 Å². The van der Waals surface area contributed by atoms with Gasteiger partial charge in [0, 0.05) is 37.8 Å². The van der Waals surface area contributed by atoms with Crippen molar-refractivity contribution in [2.75, 3.05) is 25.2 Å². The Labute approximate surface area is 161 Å². The SMILES string of the molecule is CCOC(=O)c1cnc2c(c1)CCCN2c1ccn2c(=O)n(COC)nc2c1. The Bertz CT molecular complexity index is 1090. The number of carbonyl (C=O) groups excluding carboxylic acids is 1. The zero-order valence-corrected chi connectivity index (χ0v) is 15.8. The molecule has 3 aromatic rings. The molecule has 4 rings (SSSR count). The number of aryl methyl sites for hydroxylation is 1. The van der Waals surface area contributed by atoms with Crippen molar-refractivity contribution in [1.82, 2.24) is 19.2 Å². The van der Waals surface area contributed by atoms with Crippen molar-refractivity contribution in [1.29, 1.82) is 0 Å². The van der Waals surface area contributed by atoms with E-state index in [9.17, 15) is 9.59 Å². The molecule has 0 aromatic carbocycles. The molecule has 0 aliphatic carbocycles. The second-order valence-electron chi connectivity index (χ2n) is 6.50. The Hall–Kier alpha value is -3.20. The zero-order valence-electron chi connectivity index (χ0n) is 15.8. The number of anilines is 2. The average molecular weight is 383 g/mol. The first kappa shape index (κ1) is 18.2. The Morgan fingerprint density at radius 3 is 2.96 bits per heavy atom. The fraction of sp³-hybridized carbons (Fsp3) is 0.368. The predicted molar refractivity (Wildman–Crippen MR) is 102 cm³/mol. The smallest absolute Gasteiger partial charge is 0.352 e. The molecule has 28 heavy (non-hydrogen) atoms. The number of aromatic nitrogens is 4. The summed E-state index contributed by atoms with van der Waals surface area (Å²) in [4.78, 5) is 30.9. The van der Waals surface area contributed by atoms with Crippen LogP contribution in [0.5, 0.6) is 0 Å². The van der Waals surface area contributed by atoms with Gasteiger partial charge in [-0.2, -0.15) is 4.68 Å². The molecule has 3 aromatic heterocycles. The molecule has 0 amide bonds. The van der Waals surface area contributed by atoms with Gasteiger partial charge in [0.25, 0.3) is 0 Å². The molecule has 0 saturated carbocycles. The van der Waals surface area contributed by atoms with Crippen LogP contribution >= 0.6 is 0 Å². The summed E-state index contributed by atoms with van der Waals surface area (Å²) in [5.41, 5.74) is 2.63. The molecule has 0 spiro atoms. The van der Waals surface area contributed by atoms with Crippen molar-refractivity contribution in [2.24, 2.45) is 0 Å². The number of hydrogen-bond acceptors (Lipinski definition) is 7. The molecule has 1 aliphatic rings. The average Bonchev–Trinajstić information content (AvgIpc) is 3.02. The normalized spacial score (nSPS) is 13.6. The molecule has 1 aliphatic heterocycles. The molecule has 0 radical (unpaired) electrons. The van der Waals surface area contributed by atoms with Gasteiger partial charge in [-0.25, -0.2) is 14.6 Å². The van der Waals surface area contributed by atoms with Crippen molar-refractivity contribution in [3.8, 4) is 0 Å². The summed E-state index contributed by atoms with van der Waals surface area (Å²) in [6.07, 6.45) is 5.02. The lowest BCUT2D eigenvalue weighted by Crippen LogP contribution is -2.26. The van der Waals surface area contributed by atoms with Crippen LogP contribution in [0, 0.1) is 0 Å². The maximum Gasteiger partial charge on any atom is 0.352 e. The minimum atomic E-state index is -0.362. The molecule has 146 valence electrons. The van der Waals surface area contributed by atoms with Crippen LogP contribution in [0.1, 0.15) is 29.3 Å². The van der Waals surface area contributed by atoms with Crippen LogP contribution in [0.2, 0.25) is 0 Å². The van der Waals surface area contributed by atoms with Gasteiger partial charge in [0.2, 0.25) is 0 Å². The third-order valence-corrected chi connectivity index (χ3v) is 4.67. The van der Waals surface area contributed by atoms with E-state index in [1.54, 1.807) is 19.3 Å². The van der Waals surface area contributed by atoms with E-state index < -0.39 is 0 Å². The maximum atomic E-state index is 12.3. The molecular formula is C19H21N5O4. The summed E-state index contributed by atoms with van der Waals surface area (Å²) in [5, 5.41) is 4.31. The second-order valence-corrected chi connectivity index (χ2v) is 6.50. The van der Waals surface area contributed by atoms with Crippen molar-refractivity contribution in [3.05, 3.63) is 52.2 Å². The number of methoxy groups -OCH3 is 1. The Morgan fingerprint density at radius 2 is 2.18 bits per heavy atom. The maximum absolute atomic E-state index is 12.3. The summed E-state index contributed by atoms with van der Waals surface area (Å²) >= 11 is 0. The van der Waals surface area contributed by atoms with Crippen LogP contribution in [-0.2, 0) is 22.6 Å². The highest BCUT2D eigenvalue weighted by atomic mass is 16.5. The summed E-state index contributed by atoms with van der Waals surface area (Å²) in [7, 11) is 1.52. The fourth-order valence-electron chi connectivity index (χ4n) is 3.42. The number of hydrogen-bond donors (Lipinski definition) is 0. The van der Waals surface area contributed by atoms with Crippen molar-refractivity contribution in [2.45, 2.75) is 26.5 Å². The fourth-order valence-corrected chi connectivity index (χ4v) is 3.42. The van der Waals surface area contributed by atoms with Gasteiger partial charge in [-0.1, -0.05) is 0 Å². The van der Waals surface area contributed by atoms with E-state index >= 15 is 0 Å². The van der Waals surface area contributed by atoms with Gasteiger partial charge in [-0.3, -0.25) is 4.40 Å². The van der Waals surface area contributed by atoms with Gasteiger partial charge < -0.3 is 14.4 Å². The highest BCUT2D eigenvalue weighted by Crippen LogP contribution is 2.32. The predicted octanol–water partition coefficient (Wildman–Crippen LogP) is 1.76. The standard InChI is InChI=1S/C19H21N5O4/c1-3-28-18(25)14-9-13-5-4-7-22(17(13)20-11-14)15-6-8-23-16(10-15)21-24(12-27-2)19(23)26/h6,8-11H,3-5,7,12H2,1-2H3. The monoisotopic (exact) mass is 383 g/mol. The van der Waals surface area contributed by atoms with Gasteiger partial charge >= 0.3 is 11.7 Å². The van der Waals surface area contributed by atoms with E-state index in [4.69, 9.17) is 9.47 Å². The van der Waals surface area contributed by atoms with Crippen LogP contribution in [0.4, 0.5) is 11.5 Å². The molecule has 4 heterocycles. The van der Waals surface area contributed by atoms with Gasteiger partial charge in [0.1, 0.15) is 12.5 Å². The highest BCUT2D eigenvalue weighted by Gasteiger charge is 2.22. The van der Waals surface area contributed by atoms with E-state index in [1.165, 1.54) is 16.2 Å². The third-order valence-electron chi connectivity index (χ3n) is 4.67. The number of nitrogens with zero attached hydrogens (tertiary/aromatic N) is 5. The highest BCUT2D eigenvalue weighted by molar-refractivity contribution is 5.90. The van der Waals surface area contributed by atoms with E-state index in [0.29, 0.717) is 17.8 Å². The lowest BCUT2D eigenvalue weighted by molar-refractivity contribution is 0.0525. The first-order valence-corrected chi connectivity index (χ1v) is 9.14. The summed E-state index contributed by atoms with van der Waals surface area (Å²) in [6.45, 7) is 3.00. The van der Waals surface area contributed by atoms with E-state index in [2.05, 4.69) is 15.0 Å². The third kappa shape index (κ3) is 3.13. The van der Waals surface area contributed by atoms with Crippen LogP contribution in [-0.4, -0.2) is 45.4 Å². The summed E-state index contributed by atoms with van der Waals surface area (Å²) in [5.74, 6) is 0.446. The van der Waals surface area contributed by atoms with Gasteiger partial charge in [-0.15, -0.1) is 5.10 Å². The molecule has 0 N–H and O–H groups in total. The topological polar surface area (TPSA) is 91.0 Å². The van der Waals surface area contributed by atoms with E-state index in [-0.39, 0.29) is 18.4 Å². The first-order valence-electron chi connectivity index (χ1n) is 9.14. The Balaban J connectivity index is 1.71. The van der Waals surface area contributed by atoms with Crippen LogP contribution in [0.25, 0.3) is 5.65 Å². The zero-order chi connectivity index (χ0) is 19.7. The number of carbonyl (C=O) groups is 1. The van der Waals surface area contributed by atoms with Crippen molar-refractivity contribution < 1.29 is 14.3 Å². The van der Waals surface area contributed by atoms with Crippen molar-refractivity contribution in [3.63, 3.8) is 0 Å². The molecule has 0 saturated heterocycles. The number of ether oxygens (including phenoxy) is 2. The minimum absolute atomic E-state index is 0.0978. The molecule has 0 bridgehead atoms. The molecule has 0 atom stereocenters. The number of fused-ring (bicyclic) bond motifs is 2. The lowest BCUT2D eigenvalue weighted by atomic mass is 10.0. The Morgan fingerprint density at radius 1 is 1.32 bits per heavy atom. The van der Waals surface area contributed by atoms with E-state index in [0.717, 1.165) is 36.5 Å². The quantitative estimate of drug-likeness (QED) is 0.620.